The van der Waals surface area contributed by atoms with E-state index < -0.39 is 0 Å². The van der Waals surface area contributed by atoms with Crippen molar-refractivity contribution < 1.29 is 0 Å². The summed E-state index contributed by atoms with van der Waals surface area (Å²) >= 11 is 0. The number of fused-ring (bicyclic) bond motifs is 1. The van der Waals surface area contributed by atoms with E-state index >= 15 is 0 Å². The minimum Gasteiger partial charge on any atom is -0.0845 e. The highest BCUT2D eigenvalue weighted by Crippen LogP contribution is 2.36. The van der Waals surface area contributed by atoms with Crippen LogP contribution < -0.4 is 0 Å². The van der Waals surface area contributed by atoms with Gasteiger partial charge in [0, 0.05) is 6.42 Å². The summed E-state index contributed by atoms with van der Waals surface area (Å²) in [5.41, 5.74) is 0. The molecule has 2 radical (unpaired) electrons. The van der Waals surface area contributed by atoms with Gasteiger partial charge in [0.15, 0.2) is 0 Å². The van der Waals surface area contributed by atoms with Crippen molar-refractivity contribution in [1.29, 1.82) is 0 Å². The number of allylic oxidation sites excluding steroid dienone is 2. The highest BCUT2D eigenvalue weighted by molar-refractivity contribution is 5.13. The van der Waals surface area contributed by atoms with Gasteiger partial charge in [0.25, 0.3) is 0 Å². The molecular weight excluding hydrogens is 108 g/mol. The first-order valence-electron chi connectivity index (χ1n) is 3.89. The third-order valence-electron chi connectivity index (χ3n) is 2.47. The van der Waals surface area contributed by atoms with Crippen LogP contribution in [0, 0.1) is 18.3 Å². The molecule has 1 fully saturated rings. The predicted octanol–water partition coefficient (Wildman–Crippen LogP) is 2.44. The summed E-state index contributed by atoms with van der Waals surface area (Å²) in [5, 5.41) is 0. The fourth-order valence-electron chi connectivity index (χ4n) is 1.90. The molecule has 0 spiro atoms. The van der Waals surface area contributed by atoms with Crippen molar-refractivity contribution in [1.82, 2.24) is 0 Å². The highest BCUT2D eigenvalue weighted by Gasteiger charge is 2.25. The van der Waals surface area contributed by atoms with Crippen LogP contribution in [-0.2, 0) is 0 Å². The van der Waals surface area contributed by atoms with Gasteiger partial charge < -0.3 is 0 Å². The van der Waals surface area contributed by atoms with E-state index in [0.29, 0.717) is 0 Å². The topological polar surface area (TPSA) is 0 Å². The monoisotopic (exact) mass is 120 g/mol. The molecule has 0 nitrogen and oxygen atoms in total. The Kier molecular flexibility index (Phi) is 1.33. The Morgan fingerprint density at radius 3 is 3.00 bits per heavy atom. The van der Waals surface area contributed by atoms with E-state index in [1.54, 1.807) is 0 Å². The predicted molar refractivity (Wildman–Crippen MR) is 37.8 cm³/mol. The Bertz CT molecular complexity index is 124. The molecule has 0 N–H and O–H groups in total. The van der Waals surface area contributed by atoms with Crippen LogP contribution in [0.25, 0.3) is 0 Å². The summed E-state index contributed by atoms with van der Waals surface area (Å²) in [6.07, 6.45) is 13.5. The molecule has 1 saturated carbocycles. The summed E-state index contributed by atoms with van der Waals surface area (Å²) in [4.78, 5) is 0. The lowest BCUT2D eigenvalue weighted by atomic mass is 9.82. The number of rotatable bonds is 0. The minimum atomic E-state index is 0.804. The van der Waals surface area contributed by atoms with Crippen LogP contribution in [-0.4, -0.2) is 0 Å². The summed E-state index contributed by atoms with van der Waals surface area (Å²) in [7, 11) is 0. The second kappa shape index (κ2) is 2.17. The van der Waals surface area contributed by atoms with Crippen LogP contribution in [0.3, 0.4) is 0 Å². The molecule has 0 aromatic carbocycles. The molecule has 0 aromatic rings. The molecule has 9 heavy (non-hydrogen) atoms. The summed E-state index contributed by atoms with van der Waals surface area (Å²) in [6.45, 7) is 0. The maximum Gasteiger partial charge on any atom is 0.0121 e. The molecule has 0 amide bonds. The molecule has 2 rings (SSSR count). The maximum atomic E-state index is 3.38. The molecule has 0 bridgehead atoms. The van der Waals surface area contributed by atoms with Crippen molar-refractivity contribution in [3.8, 4) is 0 Å². The first-order valence-corrected chi connectivity index (χ1v) is 3.89. The molecule has 0 heteroatoms. The van der Waals surface area contributed by atoms with Gasteiger partial charge in [-0.05, 0) is 24.7 Å². The van der Waals surface area contributed by atoms with E-state index in [1.807, 2.05) is 0 Å². The van der Waals surface area contributed by atoms with Gasteiger partial charge in [-0.2, -0.15) is 0 Å². The molecular formula is C9H12. The second-order valence-electron chi connectivity index (χ2n) is 3.08. The van der Waals surface area contributed by atoms with Crippen molar-refractivity contribution in [3.63, 3.8) is 0 Å². The lowest BCUT2D eigenvalue weighted by molar-refractivity contribution is 0.338. The van der Waals surface area contributed by atoms with E-state index in [0.717, 1.165) is 11.8 Å². The van der Waals surface area contributed by atoms with Crippen LogP contribution in [0.4, 0.5) is 0 Å². The van der Waals surface area contributed by atoms with Gasteiger partial charge in [-0.15, -0.1) is 0 Å². The lowest BCUT2D eigenvalue weighted by Gasteiger charge is -2.23. The molecule has 0 aromatic heterocycles. The standard InChI is InChI=1S/C9H12/c1-2-5-9-7-3-6-8(9)4-1/h3,6,8-9H,1-2,4-5H2. The van der Waals surface area contributed by atoms with Gasteiger partial charge in [0.2, 0.25) is 0 Å². The van der Waals surface area contributed by atoms with Crippen LogP contribution in [0.1, 0.15) is 25.7 Å². The van der Waals surface area contributed by atoms with Crippen molar-refractivity contribution in [2.45, 2.75) is 25.7 Å². The van der Waals surface area contributed by atoms with Crippen LogP contribution in [0.15, 0.2) is 12.2 Å². The fourth-order valence-corrected chi connectivity index (χ4v) is 1.90. The molecule has 2 aliphatic rings. The van der Waals surface area contributed by atoms with Crippen LogP contribution >= 0.6 is 0 Å². The van der Waals surface area contributed by atoms with Crippen molar-refractivity contribution >= 4 is 0 Å². The molecule has 0 aliphatic heterocycles. The maximum absolute atomic E-state index is 3.38. The Hall–Kier alpha value is -0.260. The summed E-state index contributed by atoms with van der Waals surface area (Å²) in [5.74, 6) is 1.68. The van der Waals surface area contributed by atoms with E-state index in [4.69, 9.17) is 0 Å². The zero-order valence-electron chi connectivity index (χ0n) is 5.64. The van der Waals surface area contributed by atoms with Crippen molar-refractivity contribution in [2.75, 3.05) is 0 Å². The van der Waals surface area contributed by atoms with E-state index in [9.17, 15) is 0 Å². The molecule has 48 valence electrons. The van der Waals surface area contributed by atoms with Gasteiger partial charge in [0.05, 0.1) is 0 Å². The van der Waals surface area contributed by atoms with Gasteiger partial charge >= 0.3 is 0 Å². The first kappa shape index (κ1) is 5.52. The quantitative estimate of drug-likeness (QED) is 0.460. The smallest absolute Gasteiger partial charge is 0.0121 e. The molecule has 0 heterocycles. The number of hydrogen-bond acceptors (Lipinski definition) is 0. The zero-order valence-corrected chi connectivity index (χ0v) is 5.64. The fraction of sp³-hybridized carbons (Fsp3) is 0.667. The number of hydrogen-bond donors (Lipinski definition) is 0. The average molecular weight is 120 g/mol. The Balaban J connectivity index is 2.03. The van der Waals surface area contributed by atoms with Crippen LogP contribution in [0.2, 0.25) is 0 Å². The molecule has 0 saturated heterocycles. The SMILES string of the molecule is [C]1C=CC2CCCCC12. The summed E-state index contributed by atoms with van der Waals surface area (Å²) < 4.78 is 0. The van der Waals surface area contributed by atoms with Crippen molar-refractivity contribution in [3.05, 3.63) is 18.6 Å². The first-order chi connectivity index (χ1) is 4.47. The minimum absolute atomic E-state index is 0.804. The van der Waals surface area contributed by atoms with Gasteiger partial charge in [0.1, 0.15) is 0 Å². The van der Waals surface area contributed by atoms with E-state index in [-0.39, 0.29) is 0 Å². The normalized spacial score (nSPS) is 40.9. The van der Waals surface area contributed by atoms with E-state index in [1.165, 1.54) is 25.7 Å². The molecule has 2 atom stereocenters. The largest absolute Gasteiger partial charge is 0.0845 e. The van der Waals surface area contributed by atoms with Gasteiger partial charge in [-0.25, -0.2) is 0 Å². The summed E-state index contributed by atoms with van der Waals surface area (Å²) in [6, 6.07) is 0. The van der Waals surface area contributed by atoms with Crippen molar-refractivity contribution in [2.24, 2.45) is 11.8 Å². The third kappa shape index (κ3) is 0.910. The Labute approximate surface area is 57.0 Å². The highest BCUT2D eigenvalue weighted by atomic mass is 14.3. The van der Waals surface area contributed by atoms with Gasteiger partial charge in [-0.3, -0.25) is 0 Å². The average Bonchev–Trinajstić information content (AvgIpc) is 2.33. The molecule has 2 unspecified atom stereocenters. The van der Waals surface area contributed by atoms with Crippen LogP contribution in [0.5, 0.6) is 0 Å². The molecule has 2 aliphatic carbocycles. The second-order valence-corrected chi connectivity index (χ2v) is 3.08. The Morgan fingerprint density at radius 1 is 1.22 bits per heavy atom. The zero-order chi connectivity index (χ0) is 6.10. The van der Waals surface area contributed by atoms with E-state index in [2.05, 4.69) is 18.6 Å². The Morgan fingerprint density at radius 2 is 2.11 bits per heavy atom. The lowest BCUT2D eigenvalue weighted by Crippen LogP contribution is -2.13. The third-order valence-corrected chi connectivity index (χ3v) is 2.47. The van der Waals surface area contributed by atoms with Gasteiger partial charge in [-0.1, -0.05) is 25.0 Å².